The SMILES string of the molecule is C/C=C\C[C@H](C)c1ccccc1. The third-order valence-corrected chi connectivity index (χ3v) is 2.09. The first-order chi connectivity index (χ1) is 5.84. The van der Waals surface area contributed by atoms with Gasteiger partial charge in [-0.15, -0.1) is 0 Å². The third kappa shape index (κ3) is 2.54. The zero-order valence-corrected chi connectivity index (χ0v) is 7.83. The zero-order valence-electron chi connectivity index (χ0n) is 7.83. The van der Waals surface area contributed by atoms with Crippen LogP contribution in [0.5, 0.6) is 0 Å². The van der Waals surface area contributed by atoms with Crippen molar-refractivity contribution in [3.63, 3.8) is 0 Å². The summed E-state index contributed by atoms with van der Waals surface area (Å²) in [6.07, 6.45) is 5.47. The van der Waals surface area contributed by atoms with Crippen LogP contribution in [0.15, 0.2) is 42.5 Å². The van der Waals surface area contributed by atoms with Gasteiger partial charge in [0.25, 0.3) is 0 Å². The summed E-state index contributed by atoms with van der Waals surface area (Å²) in [5.41, 5.74) is 1.43. The van der Waals surface area contributed by atoms with E-state index in [0.29, 0.717) is 5.92 Å². The summed E-state index contributed by atoms with van der Waals surface area (Å²) >= 11 is 0. The Kier molecular flexibility index (Phi) is 3.59. The Bertz CT molecular complexity index is 233. The minimum atomic E-state index is 0.641. The second-order valence-electron chi connectivity index (χ2n) is 3.12. The summed E-state index contributed by atoms with van der Waals surface area (Å²) in [7, 11) is 0. The zero-order chi connectivity index (χ0) is 8.81. The molecule has 0 bridgehead atoms. The quantitative estimate of drug-likeness (QED) is 0.591. The van der Waals surface area contributed by atoms with Crippen molar-refractivity contribution in [3.8, 4) is 0 Å². The van der Waals surface area contributed by atoms with Gasteiger partial charge in [-0.3, -0.25) is 0 Å². The average molecular weight is 160 g/mol. The second-order valence-corrected chi connectivity index (χ2v) is 3.12. The minimum Gasteiger partial charge on any atom is -0.0916 e. The Morgan fingerprint density at radius 1 is 1.25 bits per heavy atom. The molecule has 1 aromatic rings. The molecule has 0 spiro atoms. The number of benzene rings is 1. The largest absolute Gasteiger partial charge is 0.0916 e. The van der Waals surface area contributed by atoms with Crippen molar-refractivity contribution in [1.82, 2.24) is 0 Å². The first-order valence-corrected chi connectivity index (χ1v) is 4.50. The van der Waals surface area contributed by atoms with E-state index in [0.717, 1.165) is 6.42 Å². The monoisotopic (exact) mass is 160 g/mol. The van der Waals surface area contributed by atoms with E-state index in [1.165, 1.54) is 5.56 Å². The average Bonchev–Trinajstić information content (AvgIpc) is 2.15. The van der Waals surface area contributed by atoms with E-state index in [4.69, 9.17) is 0 Å². The Labute approximate surface area is 74.9 Å². The topological polar surface area (TPSA) is 0 Å². The summed E-state index contributed by atoms with van der Waals surface area (Å²) < 4.78 is 0. The first-order valence-electron chi connectivity index (χ1n) is 4.50. The molecule has 0 amide bonds. The van der Waals surface area contributed by atoms with Crippen LogP contribution in [0.1, 0.15) is 31.7 Å². The molecule has 0 nitrogen and oxygen atoms in total. The molecule has 12 heavy (non-hydrogen) atoms. The highest BCUT2D eigenvalue weighted by Crippen LogP contribution is 2.18. The fourth-order valence-electron chi connectivity index (χ4n) is 1.26. The van der Waals surface area contributed by atoms with Crippen LogP contribution >= 0.6 is 0 Å². The minimum absolute atomic E-state index is 0.641. The summed E-state index contributed by atoms with van der Waals surface area (Å²) in [6.45, 7) is 4.33. The molecule has 1 atom stereocenters. The molecule has 64 valence electrons. The van der Waals surface area contributed by atoms with Gasteiger partial charge in [0.2, 0.25) is 0 Å². The Morgan fingerprint density at radius 2 is 1.92 bits per heavy atom. The molecule has 0 saturated heterocycles. The lowest BCUT2D eigenvalue weighted by atomic mass is 9.98. The smallest absolute Gasteiger partial charge is 0.0156 e. The van der Waals surface area contributed by atoms with Crippen LogP contribution in [-0.2, 0) is 0 Å². The molecule has 0 unspecified atom stereocenters. The van der Waals surface area contributed by atoms with Gasteiger partial charge in [0.1, 0.15) is 0 Å². The van der Waals surface area contributed by atoms with Gasteiger partial charge in [-0.1, -0.05) is 49.4 Å². The van der Waals surface area contributed by atoms with Crippen LogP contribution in [0.2, 0.25) is 0 Å². The number of hydrogen-bond acceptors (Lipinski definition) is 0. The Morgan fingerprint density at radius 3 is 2.50 bits per heavy atom. The normalized spacial score (nSPS) is 13.5. The van der Waals surface area contributed by atoms with E-state index in [-0.39, 0.29) is 0 Å². The summed E-state index contributed by atoms with van der Waals surface area (Å²) in [4.78, 5) is 0. The molecule has 0 heterocycles. The standard InChI is InChI=1S/C12H16/c1-3-4-8-11(2)12-9-6-5-7-10-12/h3-7,9-11H,8H2,1-2H3/b4-3-/t11-/m0/s1. The maximum Gasteiger partial charge on any atom is -0.0156 e. The van der Waals surface area contributed by atoms with Crippen molar-refractivity contribution in [3.05, 3.63) is 48.0 Å². The summed E-state index contributed by atoms with van der Waals surface area (Å²) in [5.74, 6) is 0.641. The lowest BCUT2D eigenvalue weighted by molar-refractivity contribution is 0.780. The predicted molar refractivity (Wildman–Crippen MR) is 54.3 cm³/mol. The van der Waals surface area contributed by atoms with Gasteiger partial charge >= 0.3 is 0 Å². The molecule has 0 fully saturated rings. The van der Waals surface area contributed by atoms with Gasteiger partial charge in [0.05, 0.1) is 0 Å². The van der Waals surface area contributed by atoms with Crippen molar-refractivity contribution in [2.45, 2.75) is 26.2 Å². The molecule has 1 aromatic carbocycles. The van der Waals surface area contributed by atoms with Crippen LogP contribution in [-0.4, -0.2) is 0 Å². The fraction of sp³-hybridized carbons (Fsp3) is 0.333. The molecular weight excluding hydrogens is 144 g/mol. The van der Waals surface area contributed by atoms with E-state index >= 15 is 0 Å². The van der Waals surface area contributed by atoms with Gasteiger partial charge in [0.15, 0.2) is 0 Å². The number of rotatable bonds is 3. The Hall–Kier alpha value is -1.04. The van der Waals surface area contributed by atoms with Crippen molar-refractivity contribution >= 4 is 0 Å². The molecule has 0 radical (unpaired) electrons. The summed E-state index contributed by atoms with van der Waals surface area (Å²) in [6, 6.07) is 10.6. The van der Waals surface area contributed by atoms with E-state index in [1.54, 1.807) is 0 Å². The second kappa shape index (κ2) is 4.76. The lowest BCUT2D eigenvalue weighted by Gasteiger charge is -2.07. The molecule has 0 aromatic heterocycles. The highest BCUT2D eigenvalue weighted by Gasteiger charge is 2.00. The van der Waals surface area contributed by atoms with Crippen molar-refractivity contribution in [2.24, 2.45) is 0 Å². The molecule has 0 aliphatic rings. The lowest BCUT2D eigenvalue weighted by Crippen LogP contribution is -1.89. The Balaban J connectivity index is 2.59. The van der Waals surface area contributed by atoms with Crippen LogP contribution in [0.4, 0.5) is 0 Å². The molecule has 0 heteroatoms. The van der Waals surface area contributed by atoms with E-state index in [9.17, 15) is 0 Å². The molecule has 0 saturated carbocycles. The molecule has 0 aliphatic carbocycles. The van der Waals surface area contributed by atoms with Gasteiger partial charge < -0.3 is 0 Å². The molecule has 1 rings (SSSR count). The third-order valence-electron chi connectivity index (χ3n) is 2.09. The van der Waals surface area contributed by atoms with Crippen molar-refractivity contribution in [1.29, 1.82) is 0 Å². The molecule has 0 aliphatic heterocycles. The van der Waals surface area contributed by atoms with Gasteiger partial charge in [0, 0.05) is 0 Å². The molecule has 0 N–H and O–H groups in total. The summed E-state index contributed by atoms with van der Waals surface area (Å²) in [5, 5.41) is 0. The van der Waals surface area contributed by atoms with Crippen LogP contribution in [0.3, 0.4) is 0 Å². The van der Waals surface area contributed by atoms with Gasteiger partial charge in [-0.2, -0.15) is 0 Å². The maximum atomic E-state index is 2.26. The van der Waals surface area contributed by atoms with Gasteiger partial charge in [-0.25, -0.2) is 0 Å². The highest BCUT2D eigenvalue weighted by molar-refractivity contribution is 5.19. The van der Waals surface area contributed by atoms with E-state index < -0.39 is 0 Å². The van der Waals surface area contributed by atoms with Gasteiger partial charge in [-0.05, 0) is 24.8 Å². The van der Waals surface area contributed by atoms with Crippen molar-refractivity contribution in [2.75, 3.05) is 0 Å². The first kappa shape index (κ1) is 9.05. The number of allylic oxidation sites excluding steroid dienone is 2. The molecular formula is C12H16. The van der Waals surface area contributed by atoms with Crippen LogP contribution < -0.4 is 0 Å². The van der Waals surface area contributed by atoms with E-state index in [1.807, 2.05) is 0 Å². The van der Waals surface area contributed by atoms with Crippen LogP contribution in [0.25, 0.3) is 0 Å². The number of hydrogen-bond donors (Lipinski definition) is 0. The van der Waals surface area contributed by atoms with Crippen molar-refractivity contribution < 1.29 is 0 Å². The fourth-order valence-corrected chi connectivity index (χ4v) is 1.26. The van der Waals surface area contributed by atoms with E-state index in [2.05, 4.69) is 56.3 Å². The predicted octanol–water partition coefficient (Wildman–Crippen LogP) is 3.76. The van der Waals surface area contributed by atoms with Crippen LogP contribution in [0, 0.1) is 0 Å². The highest BCUT2D eigenvalue weighted by atomic mass is 14.1. The maximum absolute atomic E-state index is 2.26.